The Hall–Kier alpha value is -0.650. The molecule has 0 aliphatic carbocycles. The first-order valence-electron chi connectivity index (χ1n) is 4.75. The van der Waals surface area contributed by atoms with Crippen LogP contribution in [0.3, 0.4) is 0 Å². The molecule has 3 rings (SSSR count). The van der Waals surface area contributed by atoms with Crippen LogP contribution in [0.4, 0.5) is 4.39 Å². The number of aromatic nitrogens is 2. The standard InChI is InChI=1S/C10H4BrCl2FN2O/c11-5-3-1-2-17-8(3)4-7(6(5)14)15-10(13)16-9(4)12/h1-2H2. The van der Waals surface area contributed by atoms with Crippen LogP contribution in [0.25, 0.3) is 10.9 Å². The molecule has 17 heavy (non-hydrogen) atoms. The molecule has 1 aliphatic heterocycles. The average Bonchev–Trinajstić information content (AvgIpc) is 2.73. The first-order chi connectivity index (χ1) is 8.09. The predicted molar refractivity (Wildman–Crippen MR) is 66.4 cm³/mol. The number of ether oxygens (including phenoxy) is 1. The van der Waals surface area contributed by atoms with E-state index in [1.165, 1.54) is 0 Å². The highest BCUT2D eigenvalue weighted by Gasteiger charge is 2.26. The number of benzene rings is 1. The summed E-state index contributed by atoms with van der Waals surface area (Å²) in [7, 11) is 0. The van der Waals surface area contributed by atoms with Crippen molar-refractivity contribution < 1.29 is 9.13 Å². The highest BCUT2D eigenvalue weighted by molar-refractivity contribution is 9.10. The van der Waals surface area contributed by atoms with Crippen molar-refractivity contribution in [3.63, 3.8) is 0 Å². The first-order valence-corrected chi connectivity index (χ1v) is 6.30. The Bertz CT molecular complexity index is 650. The molecule has 0 N–H and O–H groups in total. The van der Waals surface area contributed by atoms with Crippen molar-refractivity contribution in [2.24, 2.45) is 0 Å². The predicted octanol–water partition coefficient (Wildman–Crippen LogP) is 3.77. The van der Waals surface area contributed by atoms with Crippen LogP contribution in [0.1, 0.15) is 5.56 Å². The number of nitrogens with zero attached hydrogens (tertiary/aromatic N) is 2. The molecular formula is C10H4BrCl2FN2O. The van der Waals surface area contributed by atoms with E-state index >= 15 is 0 Å². The highest BCUT2D eigenvalue weighted by atomic mass is 79.9. The van der Waals surface area contributed by atoms with Crippen LogP contribution in [0.5, 0.6) is 5.75 Å². The number of halogens is 4. The topological polar surface area (TPSA) is 35.0 Å². The molecule has 1 aromatic heterocycles. The van der Waals surface area contributed by atoms with E-state index in [2.05, 4.69) is 25.9 Å². The summed E-state index contributed by atoms with van der Waals surface area (Å²) in [4.78, 5) is 7.67. The minimum Gasteiger partial charge on any atom is -0.492 e. The molecule has 7 heteroatoms. The lowest BCUT2D eigenvalue weighted by Crippen LogP contribution is -1.95. The number of fused-ring (bicyclic) bond motifs is 3. The fourth-order valence-electron chi connectivity index (χ4n) is 1.89. The minimum atomic E-state index is -0.490. The van der Waals surface area contributed by atoms with Gasteiger partial charge in [0, 0.05) is 12.0 Å². The zero-order valence-electron chi connectivity index (χ0n) is 8.23. The Balaban J connectivity index is 2.55. The van der Waals surface area contributed by atoms with Crippen molar-refractivity contribution >= 4 is 50.0 Å². The smallest absolute Gasteiger partial charge is 0.224 e. The van der Waals surface area contributed by atoms with E-state index in [1.807, 2.05) is 0 Å². The van der Waals surface area contributed by atoms with Crippen molar-refractivity contribution in [2.45, 2.75) is 6.42 Å². The van der Waals surface area contributed by atoms with E-state index in [0.717, 1.165) is 5.56 Å². The van der Waals surface area contributed by atoms with Gasteiger partial charge in [-0.2, -0.15) is 0 Å². The molecule has 0 atom stereocenters. The van der Waals surface area contributed by atoms with Gasteiger partial charge in [-0.15, -0.1) is 0 Å². The lowest BCUT2D eigenvalue weighted by molar-refractivity contribution is 0.360. The summed E-state index contributed by atoms with van der Waals surface area (Å²) in [6, 6.07) is 0. The fourth-order valence-corrected chi connectivity index (χ4v) is 2.93. The third kappa shape index (κ3) is 1.60. The number of hydrogen-bond acceptors (Lipinski definition) is 3. The summed E-state index contributed by atoms with van der Waals surface area (Å²) in [6.45, 7) is 0.492. The van der Waals surface area contributed by atoms with Crippen molar-refractivity contribution in [3.05, 3.63) is 26.3 Å². The summed E-state index contributed by atoms with van der Waals surface area (Å²) < 4.78 is 19.9. The zero-order valence-corrected chi connectivity index (χ0v) is 11.3. The molecule has 88 valence electrons. The minimum absolute atomic E-state index is 0.0718. The molecule has 0 bridgehead atoms. The van der Waals surface area contributed by atoms with Crippen molar-refractivity contribution in [1.82, 2.24) is 9.97 Å². The molecule has 2 heterocycles. The van der Waals surface area contributed by atoms with Crippen molar-refractivity contribution in [3.8, 4) is 5.75 Å². The average molecular weight is 338 g/mol. The summed E-state index contributed by atoms with van der Waals surface area (Å²) in [6.07, 6.45) is 0.627. The summed E-state index contributed by atoms with van der Waals surface area (Å²) in [5.41, 5.74) is 0.824. The molecule has 0 amide bonds. The SMILES string of the molecule is Fc1c(Br)c2c(c3c(Cl)nc(Cl)nc13)OCC2. The quantitative estimate of drug-likeness (QED) is 0.542. The van der Waals surface area contributed by atoms with Crippen LogP contribution in [-0.4, -0.2) is 16.6 Å². The summed E-state index contributed by atoms with van der Waals surface area (Å²) in [5.74, 6) is 0.0467. The molecule has 0 radical (unpaired) electrons. The van der Waals surface area contributed by atoms with Gasteiger partial charge in [0.2, 0.25) is 5.28 Å². The maximum atomic E-state index is 14.1. The largest absolute Gasteiger partial charge is 0.492 e. The lowest BCUT2D eigenvalue weighted by atomic mass is 10.1. The van der Waals surface area contributed by atoms with Crippen LogP contribution >= 0.6 is 39.1 Å². The Kier molecular flexibility index (Phi) is 2.65. The highest BCUT2D eigenvalue weighted by Crippen LogP contribution is 2.43. The molecule has 3 nitrogen and oxygen atoms in total. The second-order valence-corrected chi connectivity index (χ2v) is 5.03. The molecule has 0 fully saturated rings. The van der Waals surface area contributed by atoms with Crippen LogP contribution < -0.4 is 4.74 Å². The van der Waals surface area contributed by atoms with Gasteiger partial charge in [-0.1, -0.05) is 11.6 Å². The number of hydrogen-bond donors (Lipinski definition) is 0. The second-order valence-electron chi connectivity index (χ2n) is 3.54. The monoisotopic (exact) mass is 336 g/mol. The Morgan fingerprint density at radius 3 is 2.82 bits per heavy atom. The van der Waals surface area contributed by atoms with Gasteiger partial charge in [-0.3, -0.25) is 0 Å². The summed E-state index contributed by atoms with van der Waals surface area (Å²) in [5, 5.41) is 0.389. The van der Waals surface area contributed by atoms with E-state index in [0.29, 0.717) is 28.6 Å². The van der Waals surface area contributed by atoms with Crippen molar-refractivity contribution in [1.29, 1.82) is 0 Å². The fraction of sp³-hybridized carbons (Fsp3) is 0.200. The normalized spacial score (nSPS) is 13.9. The van der Waals surface area contributed by atoms with Gasteiger partial charge >= 0.3 is 0 Å². The van der Waals surface area contributed by atoms with Gasteiger partial charge in [0.15, 0.2) is 5.82 Å². The lowest BCUT2D eigenvalue weighted by Gasteiger charge is -2.09. The third-order valence-electron chi connectivity index (χ3n) is 2.60. The van der Waals surface area contributed by atoms with Crippen LogP contribution in [0.2, 0.25) is 10.4 Å². The molecule has 0 unspecified atom stereocenters. The molecule has 1 aromatic carbocycles. The molecule has 1 aliphatic rings. The van der Waals surface area contributed by atoms with Gasteiger partial charge in [-0.05, 0) is 27.5 Å². The first kappa shape index (κ1) is 11.4. The molecule has 0 saturated heterocycles. The maximum Gasteiger partial charge on any atom is 0.224 e. The van der Waals surface area contributed by atoms with Gasteiger partial charge in [0.1, 0.15) is 16.4 Å². The Morgan fingerprint density at radius 2 is 2.06 bits per heavy atom. The maximum absolute atomic E-state index is 14.1. The van der Waals surface area contributed by atoms with Gasteiger partial charge in [0.05, 0.1) is 16.5 Å². The van der Waals surface area contributed by atoms with E-state index in [-0.39, 0.29) is 16.0 Å². The molecule has 2 aromatic rings. The number of rotatable bonds is 0. The van der Waals surface area contributed by atoms with Gasteiger partial charge < -0.3 is 4.74 Å². The third-order valence-corrected chi connectivity index (χ3v) is 3.87. The summed E-state index contributed by atoms with van der Waals surface area (Å²) >= 11 is 14.8. The molecule has 0 spiro atoms. The van der Waals surface area contributed by atoms with Crippen LogP contribution in [0, 0.1) is 5.82 Å². The van der Waals surface area contributed by atoms with E-state index < -0.39 is 5.82 Å². The molecule has 0 saturated carbocycles. The van der Waals surface area contributed by atoms with Crippen LogP contribution in [-0.2, 0) is 6.42 Å². The van der Waals surface area contributed by atoms with Gasteiger partial charge in [-0.25, -0.2) is 14.4 Å². The van der Waals surface area contributed by atoms with Crippen LogP contribution in [0.15, 0.2) is 4.47 Å². The second kappa shape index (κ2) is 3.93. The van der Waals surface area contributed by atoms with E-state index in [4.69, 9.17) is 27.9 Å². The Morgan fingerprint density at radius 1 is 1.29 bits per heavy atom. The Labute approximate surface area is 114 Å². The van der Waals surface area contributed by atoms with E-state index in [1.54, 1.807) is 0 Å². The zero-order chi connectivity index (χ0) is 12.2. The van der Waals surface area contributed by atoms with Gasteiger partial charge in [0.25, 0.3) is 0 Å². The van der Waals surface area contributed by atoms with E-state index in [9.17, 15) is 4.39 Å². The molecular weight excluding hydrogens is 334 g/mol. The van der Waals surface area contributed by atoms with Crippen molar-refractivity contribution in [2.75, 3.05) is 6.61 Å².